The summed E-state index contributed by atoms with van der Waals surface area (Å²) in [6, 6.07) is 0. The molecule has 1 aromatic rings. The quantitative estimate of drug-likeness (QED) is 0.894. The van der Waals surface area contributed by atoms with Crippen LogP contribution in [-0.2, 0) is 21.4 Å². The fourth-order valence-electron chi connectivity index (χ4n) is 2.50. The Hall–Kier alpha value is -0.990. The zero-order chi connectivity index (χ0) is 15.6. The molecule has 0 radical (unpaired) electrons. The molecular weight excluding hydrogens is 310 g/mol. The first kappa shape index (κ1) is 16.4. The van der Waals surface area contributed by atoms with Crippen molar-refractivity contribution in [3.63, 3.8) is 0 Å². The summed E-state index contributed by atoms with van der Waals surface area (Å²) in [6.07, 6.45) is 2.38. The Morgan fingerprint density at radius 2 is 2.00 bits per heavy atom. The van der Waals surface area contributed by atoms with Gasteiger partial charge in [-0.15, -0.1) is 11.3 Å². The molecule has 1 saturated heterocycles. The largest absolute Gasteiger partial charge is 0.351 e. The topological polar surface area (TPSA) is 79.4 Å². The van der Waals surface area contributed by atoms with E-state index in [1.54, 1.807) is 11.3 Å². The van der Waals surface area contributed by atoms with E-state index >= 15 is 0 Å². The van der Waals surface area contributed by atoms with Crippen molar-refractivity contribution in [1.29, 1.82) is 0 Å². The van der Waals surface area contributed by atoms with Crippen LogP contribution in [0.25, 0.3) is 0 Å². The summed E-state index contributed by atoms with van der Waals surface area (Å²) in [6.45, 7) is 5.24. The van der Waals surface area contributed by atoms with Crippen molar-refractivity contribution in [1.82, 2.24) is 14.6 Å². The van der Waals surface area contributed by atoms with E-state index in [0.29, 0.717) is 32.5 Å². The maximum Gasteiger partial charge on any atom is 0.223 e. The molecule has 8 heteroatoms. The maximum atomic E-state index is 12.2. The van der Waals surface area contributed by atoms with Gasteiger partial charge in [0, 0.05) is 23.9 Å². The van der Waals surface area contributed by atoms with Crippen LogP contribution in [0.1, 0.15) is 28.4 Å². The molecule has 0 unspecified atom stereocenters. The SMILES string of the molecule is Cc1nc(C)c(CNC(=O)C2CCN(S(C)(=O)=O)CC2)s1. The number of carbonyl (C=O) groups excluding carboxylic acids is 1. The normalized spacial score (nSPS) is 17.9. The summed E-state index contributed by atoms with van der Waals surface area (Å²) in [7, 11) is -3.14. The predicted octanol–water partition coefficient (Wildman–Crippen LogP) is 1.05. The van der Waals surface area contributed by atoms with Gasteiger partial charge in [0.05, 0.1) is 23.5 Å². The molecule has 2 heterocycles. The minimum atomic E-state index is -3.14. The van der Waals surface area contributed by atoms with Crippen molar-refractivity contribution >= 4 is 27.3 Å². The molecule has 1 aliphatic heterocycles. The Morgan fingerprint density at radius 3 is 2.48 bits per heavy atom. The van der Waals surface area contributed by atoms with Crippen LogP contribution in [0.5, 0.6) is 0 Å². The number of nitrogens with zero attached hydrogens (tertiary/aromatic N) is 2. The molecule has 0 spiro atoms. The average Bonchev–Trinajstić information content (AvgIpc) is 2.73. The first-order valence-corrected chi connectivity index (χ1v) is 9.59. The fourth-order valence-corrected chi connectivity index (χ4v) is 4.25. The van der Waals surface area contributed by atoms with Crippen LogP contribution in [0.3, 0.4) is 0 Å². The Labute approximate surface area is 129 Å². The van der Waals surface area contributed by atoms with Crippen molar-refractivity contribution in [2.24, 2.45) is 5.92 Å². The first-order chi connectivity index (χ1) is 9.77. The van der Waals surface area contributed by atoms with E-state index in [4.69, 9.17) is 0 Å². The van der Waals surface area contributed by atoms with Crippen molar-refractivity contribution in [2.75, 3.05) is 19.3 Å². The zero-order valence-corrected chi connectivity index (χ0v) is 14.2. The van der Waals surface area contributed by atoms with Crippen molar-refractivity contribution in [3.8, 4) is 0 Å². The molecule has 0 atom stereocenters. The number of sulfonamides is 1. The van der Waals surface area contributed by atoms with Crippen LogP contribution in [0, 0.1) is 19.8 Å². The highest BCUT2D eigenvalue weighted by Gasteiger charge is 2.28. The Kier molecular flexibility index (Phi) is 5.00. The highest BCUT2D eigenvalue weighted by molar-refractivity contribution is 7.88. The third-order valence-electron chi connectivity index (χ3n) is 3.72. The standard InChI is InChI=1S/C13H21N3O3S2/c1-9-12(20-10(2)15-9)8-14-13(17)11-4-6-16(7-5-11)21(3,18)19/h11H,4-8H2,1-3H3,(H,14,17). The van der Waals surface area contributed by atoms with Gasteiger partial charge in [0.1, 0.15) is 0 Å². The lowest BCUT2D eigenvalue weighted by atomic mass is 9.97. The van der Waals surface area contributed by atoms with E-state index in [0.717, 1.165) is 15.6 Å². The van der Waals surface area contributed by atoms with Crippen LogP contribution in [-0.4, -0.2) is 43.0 Å². The van der Waals surface area contributed by atoms with Crippen LogP contribution >= 0.6 is 11.3 Å². The Morgan fingerprint density at radius 1 is 1.38 bits per heavy atom. The van der Waals surface area contributed by atoms with Gasteiger partial charge < -0.3 is 5.32 Å². The van der Waals surface area contributed by atoms with Gasteiger partial charge in [0.2, 0.25) is 15.9 Å². The fraction of sp³-hybridized carbons (Fsp3) is 0.692. The molecule has 6 nitrogen and oxygen atoms in total. The van der Waals surface area contributed by atoms with Crippen molar-refractivity contribution < 1.29 is 13.2 Å². The third-order valence-corrected chi connectivity index (χ3v) is 6.09. The molecule has 0 aromatic carbocycles. The number of piperidine rings is 1. The van der Waals surface area contributed by atoms with E-state index in [1.807, 2.05) is 13.8 Å². The van der Waals surface area contributed by atoms with E-state index < -0.39 is 10.0 Å². The lowest BCUT2D eigenvalue weighted by Crippen LogP contribution is -2.42. The van der Waals surface area contributed by atoms with Crippen LogP contribution in [0.2, 0.25) is 0 Å². The number of rotatable bonds is 4. The molecule has 21 heavy (non-hydrogen) atoms. The first-order valence-electron chi connectivity index (χ1n) is 6.93. The summed E-state index contributed by atoms with van der Waals surface area (Å²) in [4.78, 5) is 17.6. The second-order valence-electron chi connectivity index (χ2n) is 5.40. The van der Waals surface area contributed by atoms with Crippen LogP contribution in [0.4, 0.5) is 0 Å². The average molecular weight is 331 g/mol. The Balaban J connectivity index is 1.84. The van der Waals surface area contributed by atoms with Gasteiger partial charge in [-0.05, 0) is 26.7 Å². The third kappa shape index (κ3) is 4.24. The second-order valence-corrected chi connectivity index (χ2v) is 8.67. The van der Waals surface area contributed by atoms with E-state index in [1.165, 1.54) is 10.6 Å². The summed E-state index contributed by atoms with van der Waals surface area (Å²) < 4.78 is 24.3. The predicted molar refractivity (Wildman–Crippen MR) is 82.6 cm³/mol. The van der Waals surface area contributed by atoms with Gasteiger partial charge in [-0.3, -0.25) is 4.79 Å². The van der Waals surface area contributed by atoms with Crippen LogP contribution in [0.15, 0.2) is 0 Å². The van der Waals surface area contributed by atoms with Gasteiger partial charge >= 0.3 is 0 Å². The summed E-state index contributed by atoms with van der Waals surface area (Å²) in [5.41, 5.74) is 0.963. The summed E-state index contributed by atoms with van der Waals surface area (Å²) in [5, 5.41) is 3.94. The molecule has 1 N–H and O–H groups in total. The molecule has 1 fully saturated rings. The maximum absolute atomic E-state index is 12.2. The molecule has 0 saturated carbocycles. The molecule has 0 aliphatic carbocycles. The van der Waals surface area contributed by atoms with Gasteiger partial charge in [0.15, 0.2) is 0 Å². The number of hydrogen-bond acceptors (Lipinski definition) is 5. The summed E-state index contributed by atoms with van der Waals surface area (Å²) in [5.74, 6) is -0.0917. The molecule has 2 rings (SSSR count). The van der Waals surface area contributed by atoms with Gasteiger partial charge in [-0.25, -0.2) is 17.7 Å². The second kappa shape index (κ2) is 6.41. The highest BCUT2D eigenvalue weighted by atomic mass is 32.2. The minimum absolute atomic E-state index is 0.00797. The monoisotopic (exact) mass is 331 g/mol. The van der Waals surface area contributed by atoms with Gasteiger partial charge in [-0.1, -0.05) is 0 Å². The van der Waals surface area contributed by atoms with Crippen LogP contribution < -0.4 is 5.32 Å². The molecule has 1 aliphatic rings. The van der Waals surface area contributed by atoms with Gasteiger partial charge in [0.25, 0.3) is 0 Å². The Bertz CT molecular complexity index is 617. The lowest BCUT2D eigenvalue weighted by Gasteiger charge is -2.29. The van der Waals surface area contributed by atoms with E-state index in [9.17, 15) is 13.2 Å². The number of aryl methyl sites for hydroxylation is 2. The molecule has 0 bridgehead atoms. The minimum Gasteiger partial charge on any atom is -0.351 e. The molecule has 118 valence electrons. The number of amides is 1. The van der Waals surface area contributed by atoms with Gasteiger partial charge in [-0.2, -0.15) is 0 Å². The van der Waals surface area contributed by atoms with E-state index in [2.05, 4.69) is 10.3 Å². The number of aromatic nitrogens is 1. The smallest absolute Gasteiger partial charge is 0.223 e. The highest BCUT2D eigenvalue weighted by Crippen LogP contribution is 2.20. The van der Waals surface area contributed by atoms with Crippen molar-refractivity contribution in [3.05, 3.63) is 15.6 Å². The molecular formula is C13H21N3O3S2. The number of nitrogens with one attached hydrogen (secondary N) is 1. The molecule has 1 aromatic heterocycles. The number of hydrogen-bond donors (Lipinski definition) is 1. The molecule has 1 amide bonds. The van der Waals surface area contributed by atoms with E-state index in [-0.39, 0.29) is 11.8 Å². The number of carbonyl (C=O) groups is 1. The lowest BCUT2D eigenvalue weighted by molar-refractivity contribution is -0.126. The number of thiazole rings is 1. The van der Waals surface area contributed by atoms with Crippen molar-refractivity contribution in [2.45, 2.75) is 33.2 Å². The summed E-state index contributed by atoms with van der Waals surface area (Å²) >= 11 is 1.59. The zero-order valence-electron chi connectivity index (χ0n) is 12.5.